The van der Waals surface area contributed by atoms with Gasteiger partial charge in [-0.3, -0.25) is 4.79 Å². The fourth-order valence-electron chi connectivity index (χ4n) is 1.09. The number of hydrogen-bond donors (Lipinski definition) is 2. The summed E-state index contributed by atoms with van der Waals surface area (Å²) < 4.78 is 0. The van der Waals surface area contributed by atoms with Gasteiger partial charge in [0.15, 0.2) is 0 Å². The number of anilines is 1. The molecule has 1 aromatic carbocycles. The molecule has 1 rings (SSSR count). The Morgan fingerprint density at radius 1 is 1.33 bits per heavy atom. The number of likely N-dealkylation sites (N-methyl/N-ethyl adjacent to an activating group) is 1. The van der Waals surface area contributed by atoms with Crippen LogP contribution < -0.4 is 10.6 Å². The predicted octanol–water partition coefficient (Wildman–Crippen LogP) is 2.18. The van der Waals surface area contributed by atoms with Crippen LogP contribution >= 0.6 is 0 Å². The van der Waals surface area contributed by atoms with Crippen LogP contribution in [-0.2, 0) is 4.79 Å². The van der Waals surface area contributed by atoms with E-state index in [2.05, 4.69) is 10.6 Å². The molecule has 0 aliphatic carbocycles. The molecule has 0 aromatic heterocycles. The van der Waals surface area contributed by atoms with Crippen LogP contribution in [0.2, 0.25) is 0 Å². The maximum absolute atomic E-state index is 11.2. The van der Waals surface area contributed by atoms with E-state index in [1.165, 1.54) is 0 Å². The van der Waals surface area contributed by atoms with Gasteiger partial charge >= 0.3 is 0 Å². The van der Waals surface area contributed by atoms with Crippen molar-refractivity contribution in [2.75, 3.05) is 18.9 Å². The largest absolute Gasteiger partial charge is 0.325 e. The first-order valence-electron chi connectivity index (χ1n) is 5.23. The summed E-state index contributed by atoms with van der Waals surface area (Å²) in [6.07, 6.45) is 0. The van der Waals surface area contributed by atoms with Crippen molar-refractivity contribution in [1.29, 1.82) is 0 Å². The zero-order valence-electron chi connectivity index (χ0n) is 9.92. The van der Waals surface area contributed by atoms with Crippen molar-refractivity contribution in [3.05, 3.63) is 29.8 Å². The molecule has 0 unspecified atom stereocenters. The molecule has 1 amide bonds. The predicted molar refractivity (Wildman–Crippen MR) is 65.1 cm³/mol. The summed E-state index contributed by atoms with van der Waals surface area (Å²) in [7, 11) is 1.75. The highest BCUT2D eigenvalue weighted by Crippen LogP contribution is 2.08. The molecule has 0 fully saturated rings. The third-order valence-corrected chi connectivity index (χ3v) is 1.64. The van der Waals surface area contributed by atoms with Crippen LogP contribution in [0.1, 0.15) is 19.4 Å². The molecule has 84 valence electrons. The Bertz CT molecular complexity index is 297. The van der Waals surface area contributed by atoms with Gasteiger partial charge < -0.3 is 10.6 Å². The van der Waals surface area contributed by atoms with E-state index in [4.69, 9.17) is 0 Å². The van der Waals surface area contributed by atoms with Gasteiger partial charge in [0.1, 0.15) is 0 Å². The first-order chi connectivity index (χ1) is 7.22. The van der Waals surface area contributed by atoms with Crippen molar-refractivity contribution in [2.24, 2.45) is 0 Å². The highest BCUT2D eigenvalue weighted by molar-refractivity contribution is 5.92. The second-order valence-electron chi connectivity index (χ2n) is 2.95. The lowest BCUT2D eigenvalue weighted by atomic mass is 10.2. The summed E-state index contributed by atoms with van der Waals surface area (Å²) in [5, 5.41) is 5.57. The van der Waals surface area contributed by atoms with E-state index in [9.17, 15) is 4.79 Å². The summed E-state index contributed by atoms with van der Waals surface area (Å²) in [5.74, 6) is -0.0203. The molecular formula is C12H20N2O. The van der Waals surface area contributed by atoms with Gasteiger partial charge in [-0.25, -0.2) is 0 Å². The lowest BCUT2D eigenvalue weighted by molar-refractivity contribution is -0.115. The summed E-state index contributed by atoms with van der Waals surface area (Å²) in [4.78, 5) is 11.2. The minimum atomic E-state index is -0.0203. The van der Waals surface area contributed by atoms with Gasteiger partial charge in [0, 0.05) is 5.69 Å². The van der Waals surface area contributed by atoms with E-state index in [0.29, 0.717) is 6.54 Å². The average molecular weight is 208 g/mol. The van der Waals surface area contributed by atoms with Gasteiger partial charge in [0.05, 0.1) is 6.54 Å². The Balaban J connectivity index is 0.000000921. The molecule has 3 nitrogen and oxygen atoms in total. The summed E-state index contributed by atoms with van der Waals surface area (Å²) in [6.45, 7) is 6.33. The SMILES string of the molecule is CC.CNCC(=O)Nc1cccc(C)c1. The molecule has 0 heterocycles. The molecule has 0 atom stereocenters. The molecule has 2 N–H and O–H groups in total. The van der Waals surface area contributed by atoms with Gasteiger partial charge in [-0.1, -0.05) is 26.0 Å². The molecular weight excluding hydrogens is 188 g/mol. The number of amides is 1. The minimum absolute atomic E-state index is 0.0203. The maximum Gasteiger partial charge on any atom is 0.238 e. The van der Waals surface area contributed by atoms with Crippen molar-refractivity contribution < 1.29 is 4.79 Å². The number of hydrogen-bond acceptors (Lipinski definition) is 2. The Morgan fingerprint density at radius 3 is 2.53 bits per heavy atom. The van der Waals surface area contributed by atoms with Gasteiger partial charge in [0.2, 0.25) is 5.91 Å². The zero-order valence-corrected chi connectivity index (χ0v) is 9.92. The van der Waals surface area contributed by atoms with Gasteiger partial charge in [-0.2, -0.15) is 0 Å². The monoisotopic (exact) mass is 208 g/mol. The highest BCUT2D eigenvalue weighted by atomic mass is 16.1. The maximum atomic E-state index is 11.2. The van der Waals surface area contributed by atoms with E-state index in [1.54, 1.807) is 7.05 Å². The standard InChI is InChI=1S/C10H14N2O.C2H6/c1-8-4-3-5-9(6-8)12-10(13)7-11-2;1-2/h3-6,11H,7H2,1-2H3,(H,12,13);1-2H3. The van der Waals surface area contributed by atoms with E-state index >= 15 is 0 Å². The minimum Gasteiger partial charge on any atom is -0.325 e. The molecule has 0 spiro atoms. The number of carbonyl (C=O) groups is 1. The van der Waals surface area contributed by atoms with Crippen LogP contribution in [0.3, 0.4) is 0 Å². The van der Waals surface area contributed by atoms with Crippen LogP contribution in [-0.4, -0.2) is 19.5 Å². The number of nitrogens with one attached hydrogen (secondary N) is 2. The molecule has 0 saturated heterocycles. The second-order valence-corrected chi connectivity index (χ2v) is 2.95. The fourth-order valence-corrected chi connectivity index (χ4v) is 1.09. The van der Waals surface area contributed by atoms with Crippen LogP contribution in [0.25, 0.3) is 0 Å². The van der Waals surface area contributed by atoms with Crippen molar-refractivity contribution in [2.45, 2.75) is 20.8 Å². The third-order valence-electron chi connectivity index (χ3n) is 1.64. The van der Waals surface area contributed by atoms with Crippen molar-refractivity contribution in [3.8, 4) is 0 Å². The average Bonchev–Trinajstić information content (AvgIpc) is 2.21. The van der Waals surface area contributed by atoms with Crippen LogP contribution in [0.4, 0.5) is 5.69 Å². The zero-order chi connectivity index (χ0) is 11.7. The first kappa shape index (κ1) is 13.7. The molecule has 1 aromatic rings. The Morgan fingerprint density at radius 2 is 2.00 bits per heavy atom. The number of aryl methyl sites for hydroxylation is 1. The van der Waals surface area contributed by atoms with Crippen LogP contribution in [0.5, 0.6) is 0 Å². The third kappa shape index (κ3) is 5.86. The first-order valence-corrected chi connectivity index (χ1v) is 5.23. The molecule has 0 saturated carbocycles. The highest BCUT2D eigenvalue weighted by Gasteiger charge is 1.99. The molecule has 0 radical (unpaired) electrons. The Kier molecular flexibility index (Phi) is 7.28. The molecule has 0 aliphatic rings. The lowest BCUT2D eigenvalue weighted by Gasteiger charge is -2.04. The van der Waals surface area contributed by atoms with Crippen LogP contribution in [0, 0.1) is 6.92 Å². The molecule has 15 heavy (non-hydrogen) atoms. The van der Waals surface area contributed by atoms with Crippen LogP contribution in [0.15, 0.2) is 24.3 Å². The smallest absolute Gasteiger partial charge is 0.238 e. The van der Waals surface area contributed by atoms with Crippen molar-refractivity contribution in [1.82, 2.24) is 5.32 Å². The summed E-state index contributed by atoms with van der Waals surface area (Å²) in [6, 6.07) is 7.73. The van der Waals surface area contributed by atoms with Gasteiger partial charge in [0.25, 0.3) is 0 Å². The number of rotatable bonds is 3. The lowest BCUT2D eigenvalue weighted by Crippen LogP contribution is -2.24. The number of benzene rings is 1. The Labute approximate surface area is 91.9 Å². The summed E-state index contributed by atoms with van der Waals surface area (Å²) >= 11 is 0. The fraction of sp³-hybridized carbons (Fsp3) is 0.417. The van der Waals surface area contributed by atoms with E-state index < -0.39 is 0 Å². The second kappa shape index (κ2) is 8.00. The molecule has 3 heteroatoms. The normalized spacial score (nSPS) is 8.80. The van der Waals surface area contributed by atoms with E-state index in [1.807, 2.05) is 45.0 Å². The van der Waals surface area contributed by atoms with Crippen molar-refractivity contribution >= 4 is 11.6 Å². The summed E-state index contributed by atoms with van der Waals surface area (Å²) in [5.41, 5.74) is 1.99. The Hall–Kier alpha value is -1.35. The van der Waals surface area contributed by atoms with Crippen molar-refractivity contribution in [3.63, 3.8) is 0 Å². The molecule has 0 aliphatic heterocycles. The topological polar surface area (TPSA) is 41.1 Å². The molecule has 0 bridgehead atoms. The number of carbonyl (C=O) groups excluding carboxylic acids is 1. The van der Waals surface area contributed by atoms with Gasteiger partial charge in [-0.05, 0) is 31.7 Å². The van der Waals surface area contributed by atoms with Gasteiger partial charge in [-0.15, -0.1) is 0 Å². The quantitative estimate of drug-likeness (QED) is 0.799. The van der Waals surface area contributed by atoms with E-state index in [-0.39, 0.29) is 5.91 Å². The van der Waals surface area contributed by atoms with E-state index in [0.717, 1.165) is 11.3 Å².